The first-order valence-corrected chi connectivity index (χ1v) is 6.38. The maximum atomic E-state index is 13.9. The van der Waals surface area contributed by atoms with Gasteiger partial charge in [0.1, 0.15) is 16.9 Å². The second-order valence-electron chi connectivity index (χ2n) is 3.91. The van der Waals surface area contributed by atoms with Crippen LogP contribution in [0, 0.1) is 5.82 Å². The highest BCUT2D eigenvalue weighted by Gasteiger charge is 2.31. The minimum Gasteiger partial charge on any atom is -0.369 e. The maximum absolute atomic E-state index is 13.9. The fourth-order valence-electron chi connectivity index (χ4n) is 2.02. The first-order valence-electron chi connectivity index (χ1n) is 5.50. The number of nitrogens with two attached hydrogens (primary N) is 1. The topological polar surface area (TPSA) is 54.5 Å². The van der Waals surface area contributed by atoms with Gasteiger partial charge in [0, 0.05) is 11.6 Å². The second kappa shape index (κ2) is 4.38. The quantitative estimate of drug-likeness (QED) is 0.902. The van der Waals surface area contributed by atoms with Crippen molar-refractivity contribution < 1.29 is 4.39 Å². The van der Waals surface area contributed by atoms with Gasteiger partial charge in [-0.2, -0.15) is 0 Å². The third-order valence-corrected chi connectivity index (χ3v) is 3.71. The molecule has 1 unspecified atom stereocenters. The van der Waals surface area contributed by atoms with Gasteiger partial charge in [-0.1, -0.05) is 12.1 Å². The van der Waals surface area contributed by atoms with Crippen molar-refractivity contribution in [2.45, 2.75) is 6.04 Å². The van der Waals surface area contributed by atoms with Gasteiger partial charge in [0.25, 0.3) is 0 Å². The Hall–Kier alpha value is -1.95. The number of halogens is 1. The molecule has 4 nitrogen and oxygen atoms in total. The standard InChI is InChI=1S/C12H11FN4S/c13-8-3-1-2-4-9(8)17-10(7-16-12(17)14)11-15-5-6-18-11/h1-6,10H,7H2,(H2,14,16). The third-order valence-electron chi connectivity index (χ3n) is 2.83. The van der Waals surface area contributed by atoms with Gasteiger partial charge in [0.2, 0.25) is 0 Å². The van der Waals surface area contributed by atoms with E-state index in [-0.39, 0.29) is 11.9 Å². The van der Waals surface area contributed by atoms with Crippen molar-refractivity contribution in [2.75, 3.05) is 11.4 Å². The van der Waals surface area contributed by atoms with E-state index in [1.165, 1.54) is 17.4 Å². The lowest BCUT2D eigenvalue weighted by Gasteiger charge is -2.25. The Bertz CT molecular complexity index is 582. The summed E-state index contributed by atoms with van der Waals surface area (Å²) in [5, 5.41) is 2.78. The highest BCUT2D eigenvalue weighted by molar-refractivity contribution is 7.09. The van der Waals surface area contributed by atoms with Crippen LogP contribution in [0.4, 0.5) is 10.1 Å². The molecule has 92 valence electrons. The molecule has 3 rings (SSSR count). The Balaban J connectivity index is 2.03. The number of guanidine groups is 1. The van der Waals surface area contributed by atoms with Crippen molar-refractivity contribution in [3.8, 4) is 0 Å². The molecule has 1 aliphatic heterocycles. The first-order chi connectivity index (χ1) is 8.77. The molecule has 1 aromatic carbocycles. The highest BCUT2D eigenvalue weighted by Crippen LogP contribution is 2.33. The lowest BCUT2D eigenvalue weighted by molar-refractivity contribution is 0.619. The summed E-state index contributed by atoms with van der Waals surface area (Å²) >= 11 is 1.52. The van der Waals surface area contributed by atoms with Crippen molar-refractivity contribution in [1.82, 2.24) is 4.98 Å². The second-order valence-corrected chi connectivity index (χ2v) is 4.83. The monoisotopic (exact) mass is 262 g/mol. The average Bonchev–Trinajstić information content (AvgIpc) is 2.99. The third kappa shape index (κ3) is 1.74. The van der Waals surface area contributed by atoms with E-state index in [1.54, 1.807) is 29.3 Å². The molecule has 0 saturated carbocycles. The number of thiazole rings is 1. The summed E-state index contributed by atoms with van der Waals surface area (Å²) < 4.78 is 13.9. The van der Waals surface area contributed by atoms with E-state index < -0.39 is 0 Å². The van der Waals surface area contributed by atoms with E-state index in [0.29, 0.717) is 18.2 Å². The molecule has 1 aliphatic rings. The molecule has 0 fully saturated rings. The highest BCUT2D eigenvalue weighted by atomic mass is 32.1. The SMILES string of the molecule is NC1=NCC(c2nccs2)N1c1ccccc1F. The molecule has 18 heavy (non-hydrogen) atoms. The van der Waals surface area contributed by atoms with Crippen molar-refractivity contribution in [2.24, 2.45) is 10.7 Å². The summed E-state index contributed by atoms with van der Waals surface area (Å²) in [7, 11) is 0. The molecule has 0 saturated heterocycles. The van der Waals surface area contributed by atoms with Gasteiger partial charge < -0.3 is 5.73 Å². The number of para-hydroxylation sites is 1. The van der Waals surface area contributed by atoms with Gasteiger partial charge in [0.05, 0.1) is 12.2 Å². The zero-order chi connectivity index (χ0) is 12.5. The summed E-state index contributed by atoms with van der Waals surface area (Å²) in [4.78, 5) is 10.2. The average molecular weight is 262 g/mol. The smallest absolute Gasteiger partial charge is 0.196 e. The van der Waals surface area contributed by atoms with Crippen LogP contribution in [0.25, 0.3) is 0 Å². The van der Waals surface area contributed by atoms with Gasteiger partial charge in [-0.15, -0.1) is 11.3 Å². The summed E-state index contributed by atoms with van der Waals surface area (Å²) in [6.07, 6.45) is 1.73. The lowest BCUT2D eigenvalue weighted by atomic mass is 10.2. The van der Waals surface area contributed by atoms with Crippen molar-refractivity contribution in [3.63, 3.8) is 0 Å². The Morgan fingerprint density at radius 2 is 2.22 bits per heavy atom. The van der Waals surface area contributed by atoms with E-state index in [2.05, 4.69) is 9.98 Å². The van der Waals surface area contributed by atoms with Crippen LogP contribution in [-0.2, 0) is 0 Å². The number of hydrogen-bond donors (Lipinski definition) is 1. The van der Waals surface area contributed by atoms with Gasteiger partial charge in [-0.3, -0.25) is 9.89 Å². The molecule has 6 heteroatoms. The van der Waals surface area contributed by atoms with Crippen LogP contribution < -0.4 is 10.6 Å². The van der Waals surface area contributed by atoms with Gasteiger partial charge in [-0.25, -0.2) is 9.37 Å². The Kier molecular flexibility index (Phi) is 2.71. The van der Waals surface area contributed by atoms with Crippen LogP contribution in [0.15, 0.2) is 40.8 Å². The van der Waals surface area contributed by atoms with Crippen LogP contribution in [0.3, 0.4) is 0 Å². The minimum atomic E-state index is -0.306. The van der Waals surface area contributed by atoms with E-state index in [0.717, 1.165) is 5.01 Å². The van der Waals surface area contributed by atoms with Gasteiger partial charge in [0.15, 0.2) is 5.96 Å². The van der Waals surface area contributed by atoms with Crippen LogP contribution in [0.2, 0.25) is 0 Å². The predicted molar refractivity (Wildman–Crippen MR) is 70.2 cm³/mol. The summed E-state index contributed by atoms with van der Waals surface area (Å²) in [6.45, 7) is 0.508. The molecule has 0 spiro atoms. The van der Waals surface area contributed by atoms with Gasteiger partial charge >= 0.3 is 0 Å². The summed E-state index contributed by atoms with van der Waals surface area (Å²) in [5.41, 5.74) is 6.30. The minimum absolute atomic E-state index is 0.109. The fourth-order valence-corrected chi connectivity index (χ4v) is 2.74. The van der Waals surface area contributed by atoms with Crippen molar-refractivity contribution in [1.29, 1.82) is 0 Å². The molecular formula is C12H11FN4S. The number of hydrogen-bond acceptors (Lipinski definition) is 5. The first kappa shape index (κ1) is 11.2. The number of rotatable bonds is 2. The normalized spacial score (nSPS) is 19.1. The molecule has 0 radical (unpaired) electrons. The molecular weight excluding hydrogens is 251 g/mol. The molecule has 0 amide bonds. The summed E-state index contributed by atoms with van der Waals surface area (Å²) in [5.74, 6) is 0.0272. The Labute approximate surface area is 108 Å². The van der Waals surface area contributed by atoms with E-state index in [9.17, 15) is 4.39 Å². The predicted octanol–water partition coefficient (Wildman–Crippen LogP) is 2.16. The Morgan fingerprint density at radius 3 is 2.94 bits per heavy atom. The van der Waals surface area contributed by atoms with E-state index >= 15 is 0 Å². The maximum Gasteiger partial charge on any atom is 0.196 e. The zero-order valence-electron chi connectivity index (χ0n) is 9.45. The van der Waals surface area contributed by atoms with E-state index in [1.807, 2.05) is 5.38 Å². The lowest BCUT2D eigenvalue weighted by Crippen LogP contribution is -2.36. The molecule has 1 atom stereocenters. The van der Waals surface area contributed by atoms with Crippen molar-refractivity contribution >= 4 is 23.0 Å². The zero-order valence-corrected chi connectivity index (χ0v) is 10.3. The van der Waals surface area contributed by atoms with E-state index in [4.69, 9.17) is 5.73 Å². The van der Waals surface area contributed by atoms with Crippen LogP contribution >= 0.6 is 11.3 Å². The molecule has 1 aromatic heterocycles. The largest absolute Gasteiger partial charge is 0.369 e. The van der Waals surface area contributed by atoms with Gasteiger partial charge in [-0.05, 0) is 12.1 Å². The molecule has 2 heterocycles. The van der Waals surface area contributed by atoms with Crippen LogP contribution in [0.5, 0.6) is 0 Å². The van der Waals surface area contributed by atoms with Crippen LogP contribution in [-0.4, -0.2) is 17.5 Å². The number of aliphatic imine (C=N–C) groups is 1. The van der Waals surface area contributed by atoms with Crippen LogP contribution in [0.1, 0.15) is 11.0 Å². The number of benzene rings is 1. The fraction of sp³-hybridized carbons (Fsp3) is 0.167. The Morgan fingerprint density at radius 1 is 1.39 bits per heavy atom. The summed E-state index contributed by atoms with van der Waals surface area (Å²) in [6, 6.07) is 6.44. The molecule has 0 bridgehead atoms. The van der Waals surface area contributed by atoms with Crippen molar-refractivity contribution in [3.05, 3.63) is 46.7 Å². The molecule has 0 aliphatic carbocycles. The number of anilines is 1. The number of aromatic nitrogens is 1. The number of nitrogens with zero attached hydrogens (tertiary/aromatic N) is 3. The molecule has 2 N–H and O–H groups in total. The molecule has 2 aromatic rings.